The van der Waals surface area contributed by atoms with E-state index in [4.69, 9.17) is 4.74 Å². The van der Waals surface area contributed by atoms with Gasteiger partial charge in [0, 0.05) is 11.9 Å². The van der Waals surface area contributed by atoms with Crippen molar-refractivity contribution in [2.45, 2.75) is 18.9 Å². The number of rotatable bonds is 7. The fourth-order valence-corrected chi connectivity index (χ4v) is 5.08. The summed E-state index contributed by atoms with van der Waals surface area (Å²) in [5.41, 5.74) is -0.709. The molecule has 0 bridgehead atoms. The van der Waals surface area contributed by atoms with E-state index in [0.29, 0.717) is 18.1 Å². The van der Waals surface area contributed by atoms with Crippen molar-refractivity contribution in [2.75, 3.05) is 30.0 Å². The molecule has 2 heterocycles. The number of thiazole rings is 1. The third-order valence-electron chi connectivity index (χ3n) is 3.39. The molecule has 1 atom stereocenters. The van der Waals surface area contributed by atoms with Gasteiger partial charge in [-0.1, -0.05) is 6.08 Å². The molecule has 1 saturated heterocycles. The molecule has 1 unspecified atom stereocenters. The van der Waals surface area contributed by atoms with Crippen LogP contribution in [0.25, 0.3) is 0 Å². The maximum atomic E-state index is 11.9. The Kier molecular flexibility index (Phi) is 5.60. The minimum absolute atomic E-state index is 0.0445. The lowest BCUT2D eigenvalue weighted by Crippen LogP contribution is -2.48. The van der Waals surface area contributed by atoms with Crippen molar-refractivity contribution in [3.8, 4) is 0 Å². The van der Waals surface area contributed by atoms with E-state index >= 15 is 0 Å². The Hall–Kier alpha value is -1.94. The van der Waals surface area contributed by atoms with Crippen LogP contribution in [0.5, 0.6) is 0 Å². The van der Waals surface area contributed by atoms with Gasteiger partial charge in [-0.2, -0.15) is 0 Å². The summed E-state index contributed by atoms with van der Waals surface area (Å²) in [4.78, 5) is 27.8. The number of anilines is 1. The standard InChI is InChI=1S/C14H19N3O5S2/c1-3-5-15-13-16-10(8-23-13)12(19)22-7-11(18)17-14(2)4-6-24(20,21)9-14/h3,8H,1,4-7,9H2,2H3,(H,15,16)(H,17,18). The quantitative estimate of drug-likeness (QED) is 0.531. The summed E-state index contributed by atoms with van der Waals surface area (Å²) in [6.07, 6.45) is 2.01. The monoisotopic (exact) mass is 373 g/mol. The topological polar surface area (TPSA) is 114 Å². The number of ether oxygens (including phenoxy) is 1. The maximum Gasteiger partial charge on any atom is 0.358 e. The number of hydrogen-bond acceptors (Lipinski definition) is 8. The van der Waals surface area contributed by atoms with Gasteiger partial charge < -0.3 is 15.4 Å². The zero-order valence-corrected chi connectivity index (χ0v) is 14.8. The van der Waals surface area contributed by atoms with Gasteiger partial charge in [-0.05, 0) is 13.3 Å². The van der Waals surface area contributed by atoms with Crippen molar-refractivity contribution in [1.29, 1.82) is 0 Å². The predicted molar refractivity (Wildman–Crippen MR) is 90.9 cm³/mol. The third-order valence-corrected chi connectivity index (χ3v) is 6.09. The number of nitrogens with zero attached hydrogens (tertiary/aromatic N) is 1. The Morgan fingerprint density at radius 2 is 2.29 bits per heavy atom. The van der Waals surface area contributed by atoms with Gasteiger partial charge in [-0.3, -0.25) is 4.79 Å². The Balaban J connectivity index is 1.82. The zero-order chi connectivity index (χ0) is 17.8. The van der Waals surface area contributed by atoms with Crippen LogP contribution in [-0.2, 0) is 19.4 Å². The van der Waals surface area contributed by atoms with Crippen LogP contribution in [0.15, 0.2) is 18.0 Å². The highest BCUT2D eigenvalue weighted by Crippen LogP contribution is 2.22. The summed E-state index contributed by atoms with van der Waals surface area (Å²) in [6.45, 7) is 5.26. The molecule has 0 aromatic carbocycles. The van der Waals surface area contributed by atoms with Crippen LogP contribution in [0.1, 0.15) is 23.8 Å². The highest BCUT2D eigenvalue weighted by atomic mass is 32.2. The Labute approximate surface area is 144 Å². The minimum Gasteiger partial charge on any atom is -0.451 e. The van der Waals surface area contributed by atoms with Crippen LogP contribution in [0.4, 0.5) is 5.13 Å². The van der Waals surface area contributed by atoms with Crippen LogP contribution in [0.2, 0.25) is 0 Å². The number of nitrogens with one attached hydrogen (secondary N) is 2. The van der Waals surface area contributed by atoms with Gasteiger partial charge in [0.05, 0.1) is 17.0 Å². The molecule has 8 nitrogen and oxygen atoms in total. The number of sulfone groups is 1. The van der Waals surface area contributed by atoms with E-state index in [1.54, 1.807) is 13.0 Å². The van der Waals surface area contributed by atoms with Crippen LogP contribution in [0, 0.1) is 0 Å². The molecule has 132 valence electrons. The van der Waals surface area contributed by atoms with Gasteiger partial charge in [0.25, 0.3) is 5.91 Å². The lowest BCUT2D eigenvalue weighted by molar-refractivity contribution is -0.125. The molecule has 0 saturated carbocycles. The zero-order valence-electron chi connectivity index (χ0n) is 13.2. The predicted octanol–water partition coefficient (Wildman–Crippen LogP) is 0.591. The fourth-order valence-electron chi connectivity index (χ4n) is 2.29. The molecule has 2 rings (SSSR count). The van der Waals surface area contributed by atoms with Gasteiger partial charge in [0.1, 0.15) is 0 Å². The van der Waals surface area contributed by atoms with Crippen molar-refractivity contribution in [1.82, 2.24) is 10.3 Å². The summed E-state index contributed by atoms with van der Waals surface area (Å²) >= 11 is 1.24. The highest BCUT2D eigenvalue weighted by molar-refractivity contribution is 7.91. The molecule has 0 aliphatic carbocycles. The summed E-state index contributed by atoms with van der Waals surface area (Å²) in [6, 6.07) is 0. The molecule has 0 spiro atoms. The fraction of sp³-hybridized carbons (Fsp3) is 0.500. The average molecular weight is 373 g/mol. The number of hydrogen-bond donors (Lipinski definition) is 2. The second-order valence-corrected chi connectivity index (χ2v) is 8.78. The Morgan fingerprint density at radius 1 is 1.54 bits per heavy atom. The molecule has 10 heteroatoms. The molecule has 1 amide bonds. The summed E-state index contributed by atoms with van der Waals surface area (Å²) < 4.78 is 27.9. The molecule has 1 aliphatic rings. The van der Waals surface area contributed by atoms with E-state index in [2.05, 4.69) is 22.2 Å². The van der Waals surface area contributed by atoms with Crippen molar-refractivity contribution >= 4 is 38.2 Å². The average Bonchev–Trinajstić information content (AvgIpc) is 3.07. The number of aromatic nitrogens is 1. The van der Waals surface area contributed by atoms with Gasteiger partial charge in [0.2, 0.25) is 0 Å². The number of carbonyl (C=O) groups is 2. The molecule has 0 radical (unpaired) electrons. The van der Waals surface area contributed by atoms with E-state index in [1.807, 2.05) is 0 Å². The largest absolute Gasteiger partial charge is 0.451 e. The second kappa shape index (κ2) is 7.31. The highest BCUT2D eigenvalue weighted by Gasteiger charge is 2.39. The first-order valence-electron chi connectivity index (χ1n) is 7.22. The van der Waals surface area contributed by atoms with Crippen LogP contribution in [0.3, 0.4) is 0 Å². The summed E-state index contributed by atoms with van der Waals surface area (Å²) in [5, 5.41) is 7.63. The van der Waals surface area contributed by atoms with Crippen LogP contribution >= 0.6 is 11.3 Å². The SMILES string of the molecule is C=CCNc1nc(C(=O)OCC(=O)NC2(C)CCS(=O)(=O)C2)cs1. The Morgan fingerprint density at radius 3 is 2.92 bits per heavy atom. The number of carbonyl (C=O) groups excluding carboxylic acids is 2. The normalized spacial score (nSPS) is 21.9. The van der Waals surface area contributed by atoms with Crippen LogP contribution in [-0.4, -0.2) is 55.5 Å². The molecule has 1 aliphatic heterocycles. The van der Waals surface area contributed by atoms with Crippen molar-refractivity contribution < 1.29 is 22.7 Å². The molecule has 1 fully saturated rings. The minimum atomic E-state index is -3.12. The second-order valence-electron chi connectivity index (χ2n) is 5.73. The summed E-state index contributed by atoms with van der Waals surface area (Å²) in [7, 11) is -3.12. The van der Waals surface area contributed by atoms with E-state index in [1.165, 1.54) is 16.7 Å². The van der Waals surface area contributed by atoms with E-state index in [-0.39, 0.29) is 17.2 Å². The van der Waals surface area contributed by atoms with E-state index < -0.39 is 33.9 Å². The van der Waals surface area contributed by atoms with Gasteiger partial charge >= 0.3 is 5.97 Å². The first-order chi connectivity index (χ1) is 11.2. The molecule has 1 aromatic rings. The first kappa shape index (κ1) is 18.4. The van der Waals surface area contributed by atoms with Crippen molar-refractivity contribution in [3.05, 3.63) is 23.7 Å². The van der Waals surface area contributed by atoms with E-state index in [9.17, 15) is 18.0 Å². The van der Waals surface area contributed by atoms with Gasteiger partial charge in [0.15, 0.2) is 27.3 Å². The van der Waals surface area contributed by atoms with Crippen molar-refractivity contribution in [2.24, 2.45) is 0 Å². The lowest BCUT2D eigenvalue weighted by Gasteiger charge is -2.23. The molecular formula is C14H19N3O5S2. The van der Waals surface area contributed by atoms with E-state index in [0.717, 1.165) is 0 Å². The molecule has 2 N–H and O–H groups in total. The van der Waals surface area contributed by atoms with Crippen LogP contribution < -0.4 is 10.6 Å². The summed E-state index contributed by atoms with van der Waals surface area (Å²) in [5.74, 6) is -1.31. The van der Waals surface area contributed by atoms with Gasteiger partial charge in [-0.15, -0.1) is 17.9 Å². The maximum absolute atomic E-state index is 11.9. The Bertz CT molecular complexity index is 743. The first-order valence-corrected chi connectivity index (χ1v) is 9.92. The molecular weight excluding hydrogens is 354 g/mol. The van der Waals surface area contributed by atoms with Crippen molar-refractivity contribution in [3.63, 3.8) is 0 Å². The smallest absolute Gasteiger partial charge is 0.358 e. The van der Waals surface area contributed by atoms with Gasteiger partial charge in [-0.25, -0.2) is 18.2 Å². The number of esters is 1. The lowest BCUT2D eigenvalue weighted by atomic mass is 10.0. The molecule has 24 heavy (non-hydrogen) atoms. The third kappa shape index (κ3) is 5.03. The number of amides is 1. The molecule has 1 aromatic heterocycles.